The molecule has 0 aliphatic heterocycles. The largest absolute Gasteiger partial charge is 0.326 e. The molecule has 27 heavy (non-hydrogen) atoms. The smallest absolute Gasteiger partial charge is 0.267 e. The number of amides is 3. The molecule has 0 radical (unpaired) electrons. The van der Waals surface area contributed by atoms with E-state index in [1.54, 1.807) is 17.5 Å². The number of anilines is 1. The van der Waals surface area contributed by atoms with Crippen LogP contribution in [0.15, 0.2) is 35.7 Å². The highest BCUT2D eigenvalue weighted by atomic mass is 32.1. The number of thiocarbonyl (C=S) groups is 1. The molecule has 3 amide bonds. The third-order valence-electron chi connectivity index (χ3n) is 3.52. The summed E-state index contributed by atoms with van der Waals surface area (Å²) in [5.74, 6) is -1.03. The first-order chi connectivity index (χ1) is 12.8. The van der Waals surface area contributed by atoms with Crippen molar-refractivity contribution in [1.29, 1.82) is 0 Å². The summed E-state index contributed by atoms with van der Waals surface area (Å²) >= 11 is 6.22. The van der Waals surface area contributed by atoms with Gasteiger partial charge in [0.25, 0.3) is 5.91 Å². The Hall–Kier alpha value is -2.78. The fraction of sp³-hybridized carbons (Fsp3) is 0.222. The van der Waals surface area contributed by atoms with Gasteiger partial charge in [-0.15, -0.1) is 11.3 Å². The van der Waals surface area contributed by atoms with Gasteiger partial charge in [0.15, 0.2) is 5.11 Å². The van der Waals surface area contributed by atoms with Crippen molar-refractivity contribution < 1.29 is 14.4 Å². The van der Waals surface area contributed by atoms with Crippen LogP contribution in [-0.4, -0.2) is 22.8 Å². The number of thiophene rings is 1. The molecule has 7 nitrogen and oxygen atoms in total. The van der Waals surface area contributed by atoms with Crippen LogP contribution >= 0.6 is 23.6 Å². The number of nitrogens with one attached hydrogen (secondary N) is 4. The first-order valence-corrected chi connectivity index (χ1v) is 9.44. The molecule has 142 valence electrons. The molecule has 0 saturated heterocycles. The van der Waals surface area contributed by atoms with Crippen LogP contribution in [0.4, 0.5) is 5.69 Å². The molecule has 0 fully saturated rings. The molecule has 0 unspecified atom stereocenters. The second kappa shape index (κ2) is 9.79. The number of hydrogen-bond acceptors (Lipinski definition) is 5. The van der Waals surface area contributed by atoms with Gasteiger partial charge in [-0.05, 0) is 49.1 Å². The number of carbonyl (C=O) groups excluding carboxylic acids is 3. The minimum atomic E-state index is -0.418. The number of hydrogen-bond donors (Lipinski definition) is 4. The molecule has 0 atom stereocenters. The Kier molecular flexibility index (Phi) is 7.44. The summed E-state index contributed by atoms with van der Waals surface area (Å²) in [6.45, 7) is 3.88. The molecule has 1 aromatic carbocycles. The Morgan fingerprint density at radius 3 is 2.44 bits per heavy atom. The average Bonchev–Trinajstić information content (AvgIpc) is 3.15. The van der Waals surface area contributed by atoms with E-state index in [4.69, 9.17) is 12.2 Å². The Morgan fingerprint density at radius 2 is 1.78 bits per heavy atom. The zero-order valence-electron chi connectivity index (χ0n) is 14.9. The van der Waals surface area contributed by atoms with E-state index in [1.165, 1.54) is 11.3 Å². The van der Waals surface area contributed by atoms with Gasteiger partial charge in [-0.25, -0.2) is 0 Å². The average molecular weight is 405 g/mol. The van der Waals surface area contributed by atoms with Gasteiger partial charge < -0.3 is 5.32 Å². The summed E-state index contributed by atoms with van der Waals surface area (Å²) in [5.41, 5.74) is 7.58. The third-order valence-corrected chi connectivity index (χ3v) is 4.60. The van der Waals surface area contributed by atoms with E-state index in [-0.39, 0.29) is 29.8 Å². The maximum atomic E-state index is 12.0. The molecule has 2 rings (SSSR count). The zero-order chi connectivity index (χ0) is 19.8. The van der Waals surface area contributed by atoms with E-state index in [1.807, 2.05) is 32.0 Å². The molecule has 0 aliphatic rings. The molecular weight excluding hydrogens is 384 g/mol. The van der Waals surface area contributed by atoms with Crippen LogP contribution in [0.25, 0.3) is 0 Å². The van der Waals surface area contributed by atoms with E-state index in [0.29, 0.717) is 4.88 Å². The monoisotopic (exact) mass is 404 g/mol. The molecule has 2 aromatic rings. The highest BCUT2D eigenvalue weighted by molar-refractivity contribution is 7.80. The van der Waals surface area contributed by atoms with Gasteiger partial charge in [-0.3, -0.25) is 30.6 Å². The Morgan fingerprint density at radius 1 is 1.04 bits per heavy atom. The lowest BCUT2D eigenvalue weighted by Crippen LogP contribution is -2.48. The topological polar surface area (TPSA) is 99.3 Å². The maximum absolute atomic E-state index is 12.0. The van der Waals surface area contributed by atoms with E-state index < -0.39 is 5.91 Å². The standard InChI is InChI=1S/C18H20N4O3S2/c1-11-5-6-13(12(2)10-11)19-15(23)7-8-16(24)21-22-18(26)20-17(25)14-4-3-9-27-14/h3-6,9-10H,7-8H2,1-2H3,(H,19,23)(H,21,24)(H2,20,22,25,26). The van der Waals surface area contributed by atoms with Crippen LogP contribution in [0, 0.1) is 13.8 Å². The summed E-state index contributed by atoms with van der Waals surface area (Å²) in [5, 5.41) is 6.97. The zero-order valence-corrected chi connectivity index (χ0v) is 16.6. The Balaban J connectivity index is 1.68. The van der Waals surface area contributed by atoms with Crippen LogP contribution in [0.2, 0.25) is 0 Å². The minimum Gasteiger partial charge on any atom is -0.326 e. The lowest BCUT2D eigenvalue weighted by Gasteiger charge is -2.11. The van der Waals surface area contributed by atoms with Crippen LogP contribution in [0.1, 0.15) is 33.6 Å². The Labute approximate surface area is 166 Å². The highest BCUT2D eigenvalue weighted by Gasteiger charge is 2.11. The van der Waals surface area contributed by atoms with Crippen molar-refractivity contribution >= 4 is 52.1 Å². The Bertz CT molecular complexity index is 850. The van der Waals surface area contributed by atoms with E-state index in [0.717, 1.165) is 16.8 Å². The van der Waals surface area contributed by atoms with Gasteiger partial charge in [-0.1, -0.05) is 23.8 Å². The second-order valence-electron chi connectivity index (χ2n) is 5.80. The van der Waals surface area contributed by atoms with Crippen molar-refractivity contribution in [3.8, 4) is 0 Å². The lowest BCUT2D eigenvalue weighted by atomic mass is 10.1. The van der Waals surface area contributed by atoms with Gasteiger partial charge in [0, 0.05) is 18.5 Å². The van der Waals surface area contributed by atoms with Gasteiger partial charge in [0.05, 0.1) is 4.88 Å². The predicted molar refractivity (Wildman–Crippen MR) is 109 cm³/mol. The number of benzene rings is 1. The molecule has 9 heteroatoms. The molecule has 0 aliphatic carbocycles. The van der Waals surface area contributed by atoms with Gasteiger partial charge in [0.2, 0.25) is 11.8 Å². The van der Waals surface area contributed by atoms with Gasteiger partial charge in [0.1, 0.15) is 0 Å². The molecule has 1 aromatic heterocycles. The molecule has 0 spiro atoms. The number of carbonyl (C=O) groups is 3. The number of aryl methyl sites for hydroxylation is 2. The number of hydrazine groups is 1. The van der Waals surface area contributed by atoms with Crippen LogP contribution in [-0.2, 0) is 9.59 Å². The molecule has 0 bridgehead atoms. The summed E-state index contributed by atoms with van der Waals surface area (Å²) in [6.07, 6.45) is 0.000370. The predicted octanol–water partition coefficient (Wildman–Crippen LogP) is 2.42. The fourth-order valence-electron chi connectivity index (χ4n) is 2.19. The first kappa shape index (κ1) is 20.5. The fourth-order valence-corrected chi connectivity index (χ4v) is 2.95. The first-order valence-electron chi connectivity index (χ1n) is 8.16. The van der Waals surface area contributed by atoms with Crippen molar-refractivity contribution in [3.63, 3.8) is 0 Å². The van der Waals surface area contributed by atoms with E-state index >= 15 is 0 Å². The summed E-state index contributed by atoms with van der Waals surface area (Å²) < 4.78 is 0. The van der Waals surface area contributed by atoms with Crippen molar-refractivity contribution in [1.82, 2.24) is 16.2 Å². The van der Waals surface area contributed by atoms with Crippen molar-refractivity contribution in [2.24, 2.45) is 0 Å². The molecule has 0 saturated carbocycles. The second-order valence-corrected chi connectivity index (χ2v) is 7.16. The minimum absolute atomic E-state index is 0.0226. The van der Waals surface area contributed by atoms with Crippen LogP contribution in [0.5, 0.6) is 0 Å². The summed E-state index contributed by atoms with van der Waals surface area (Å²) in [6, 6.07) is 9.12. The molecule has 4 N–H and O–H groups in total. The highest BCUT2D eigenvalue weighted by Crippen LogP contribution is 2.16. The lowest BCUT2D eigenvalue weighted by molar-refractivity contribution is -0.124. The normalized spacial score (nSPS) is 10.0. The summed E-state index contributed by atoms with van der Waals surface area (Å²) in [4.78, 5) is 36.1. The molecule has 1 heterocycles. The van der Waals surface area contributed by atoms with Crippen molar-refractivity contribution in [2.45, 2.75) is 26.7 Å². The van der Waals surface area contributed by atoms with Crippen molar-refractivity contribution in [2.75, 3.05) is 5.32 Å². The quantitative estimate of drug-likeness (QED) is 0.453. The van der Waals surface area contributed by atoms with Crippen LogP contribution < -0.4 is 21.5 Å². The van der Waals surface area contributed by atoms with Gasteiger partial charge in [-0.2, -0.15) is 0 Å². The van der Waals surface area contributed by atoms with Crippen molar-refractivity contribution in [3.05, 3.63) is 51.7 Å². The SMILES string of the molecule is Cc1ccc(NC(=O)CCC(=O)NNC(=S)NC(=O)c2cccs2)c(C)c1. The third kappa shape index (κ3) is 6.80. The molecular formula is C18H20N4O3S2. The van der Waals surface area contributed by atoms with Gasteiger partial charge >= 0.3 is 0 Å². The summed E-state index contributed by atoms with van der Waals surface area (Å²) in [7, 11) is 0. The maximum Gasteiger partial charge on any atom is 0.267 e. The van der Waals surface area contributed by atoms with E-state index in [9.17, 15) is 14.4 Å². The van der Waals surface area contributed by atoms with E-state index in [2.05, 4.69) is 21.5 Å². The van der Waals surface area contributed by atoms with Crippen LogP contribution in [0.3, 0.4) is 0 Å². The number of rotatable bonds is 5.